The van der Waals surface area contributed by atoms with Crippen LogP contribution in [0, 0.1) is 13.8 Å². The van der Waals surface area contributed by atoms with Crippen LogP contribution in [0.25, 0.3) is 0 Å². The van der Waals surface area contributed by atoms with Gasteiger partial charge in [0.15, 0.2) is 5.11 Å². The standard InChI is InChI=1S/C12H19N3S/c1-5-15(4)11-7-10(14-12(13)16)8(2)6-9(11)3/h6-7H,5H2,1-4H3,(H3,13,14,16). The van der Waals surface area contributed by atoms with Crippen LogP contribution in [0.3, 0.4) is 0 Å². The second-order valence-electron chi connectivity index (χ2n) is 3.96. The maximum absolute atomic E-state index is 5.50. The van der Waals surface area contributed by atoms with E-state index < -0.39 is 0 Å². The average Bonchev–Trinajstić information content (AvgIpc) is 2.20. The number of thiocarbonyl (C=S) groups is 1. The first-order chi connectivity index (χ1) is 7.45. The van der Waals surface area contributed by atoms with Crippen LogP contribution in [-0.4, -0.2) is 18.7 Å². The minimum Gasteiger partial charge on any atom is -0.376 e. The molecule has 0 unspecified atom stereocenters. The Labute approximate surface area is 103 Å². The molecule has 0 aliphatic rings. The Morgan fingerprint density at radius 2 is 2.00 bits per heavy atom. The van der Waals surface area contributed by atoms with Crippen LogP contribution in [-0.2, 0) is 0 Å². The molecule has 88 valence electrons. The lowest BCUT2D eigenvalue weighted by atomic mass is 10.1. The first-order valence-electron chi connectivity index (χ1n) is 5.34. The lowest BCUT2D eigenvalue weighted by Crippen LogP contribution is -2.21. The highest BCUT2D eigenvalue weighted by atomic mass is 32.1. The van der Waals surface area contributed by atoms with Crippen LogP contribution in [0.5, 0.6) is 0 Å². The summed E-state index contributed by atoms with van der Waals surface area (Å²) in [5.74, 6) is 0. The van der Waals surface area contributed by atoms with Gasteiger partial charge in [0.2, 0.25) is 0 Å². The molecule has 0 aromatic heterocycles. The van der Waals surface area contributed by atoms with E-state index in [4.69, 9.17) is 18.0 Å². The fourth-order valence-corrected chi connectivity index (χ4v) is 1.80. The Morgan fingerprint density at radius 1 is 1.38 bits per heavy atom. The van der Waals surface area contributed by atoms with E-state index in [1.807, 2.05) is 6.92 Å². The zero-order valence-corrected chi connectivity index (χ0v) is 11.1. The van der Waals surface area contributed by atoms with Crippen molar-refractivity contribution in [2.45, 2.75) is 20.8 Å². The van der Waals surface area contributed by atoms with Crippen LogP contribution < -0.4 is 16.0 Å². The largest absolute Gasteiger partial charge is 0.376 e. The SMILES string of the molecule is CCN(C)c1cc(NC(N)=S)c(C)cc1C. The van der Waals surface area contributed by atoms with E-state index in [1.54, 1.807) is 0 Å². The van der Waals surface area contributed by atoms with Crippen molar-refractivity contribution < 1.29 is 0 Å². The first kappa shape index (κ1) is 12.8. The van der Waals surface area contributed by atoms with Gasteiger partial charge in [-0.3, -0.25) is 0 Å². The summed E-state index contributed by atoms with van der Waals surface area (Å²) in [7, 11) is 2.07. The van der Waals surface area contributed by atoms with Crippen LogP contribution in [0.15, 0.2) is 12.1 Å². The number of anilines is 2. The number of nitrogens with zero attached hydrogens (tertiary/aromatic N) is 1. The average molecular weight is 237 g/mol. The van der Waals surface area contributed by atoms with Crippen molar-refractivity contribution in [3.63, 3.8) is 0 Å². The minimum atomic E-state index is 0.303. The fourth-order valence-electron chi connectivity index (χ4n) is 1.69. The summed E-state index contributed by atoms with van der Waals surface area (Å²) >= 11 is 4.86. The minimum absolute atomic E-state index is 0.303. The molecule has 0 heterocycles. The third-order valence-electron chi connectivity index (χ3n) is 2.69. The second kappa shape index (κ2) is 5.16. The molecular formula is C12H19N3S. The molecule has 1 rings (SSSR count). The number of rotatable bonds is 3. The maximum Gasteiger partial charge on any atom is 0.168 e. The van der Waals surface area contributed by atoms with E-state index in [2.05, 4.69) is 43.2 Å². The normalized spacial score (nSPS) is 10.0. The Morgan fingerprint density at radius 3 is 2.50 bits per heavy atom. The molecule has 0 aliphatic carbocycles. The van der Waals surface area contributed by atoms with Crippen molar-refractivity contribution in [1.29, 1.82) is 0 Å². The molecular weight excluding hydrogens is 218 g/mol. The highest BCUT2D eigenvalue weighted by Crippen LogP contribution is 2.26. The van der Waals surface area contributed by atoms with Gasteiger partial charge in [-0.25, -0.2) is 0 Å². The van der Waals surface area contributed by atoms with E-state index in [1.165, 1.54) is 11.3 Å². The third kappa shape index (κ3) is 2.85. The molecule has 0 atom stereocenters. The summed E-state index contributed by atoms with van der Waals surface area (Å²) in [6.45, 7) is 7.25. The van der Waals surface area contributed by atoms with Crippen LogP contribution in [0.2, 0.25) is 0 Å². The fraction of sp³-hybridized carbons (Fsp3) is 0.417. The number of aryl methyl sites for hydroxylation is 2. The predicted molar refractivity (Wildman–Crippen MR) is 75.3 cm³/mol. The molecule has 1 aromatic carbocycles. The first-order valence-corrected chi connectivity index (χ1v) is 5.75. The van der Waals surface area contributed by atoms with Gasteiger partial charge in [-0.2, -0.15) is 0 Å². The maximum atomic E-state index is 5.50. The number of nitrogens with two attached hydrogens (primary N) is 1. The second-order valence-corrected chi connectivity index (χ2v) is 4.40. The number of benzene rings is 1. The topological polar surface area (TPSA) is 41.3 Å². The molecule has 0 spiro atoms. The van der Waals surface area contributed by atoms with E-state index >= 15 is 0 Å². The summed E-state index contributed by atoms with van der Waals surface area (Å²) < 4.78 is 0. The molecule has 0 radical (unpaired) electrons. The van der Waals surface area contributed by atoms with Crippen molar-refractivity contribution >= 4 is 28.7 Å². The summed E-state index contributed by atoms with van der Waals surface area (Å²) in [6.07, 6.45) is 0. The van der Waals surface area contributed by atoms with Gasteiger partial charge in [0.25, 0.3) is 0 Å². The molecule has 0 saturated carbocycles. The van der Waals surface area contributed by atoms with Gasteiger partial charge in [0.05, 0.1) is 0 Å². The Hall–Kier alpha value is -1.29. The Kier molecular flexibility index (Phi) is 4.12. The predicted octanol–water partition coefficient (Wildman–Crippen LogP) is 2.42. The Balaban J connectivity index is 3.15. The number of nitrogens with one attached hydrogen (secondary N) is 1. The lowest BCUT2D eigenvalue weighted by Gasteiger charge is -2.21. The van der Waals surface area contributed by atoms with E-state index in [9.17, 15) is 0 Å². The van der Waals surface area contributed by atoms with E-state index in [0.29, 0.717) is 5.11 Å². The molecule has 0 aliphatic heterocycles. The molecule has 0 bridgehead atoms. The lowest BCUT2D eigenvalue weighted by molar-refractivity contribution is 0.961. The summed E-state index contributed by atoms with van der Waals surface area (Å²) in [4.78, 5) is 2.19. The molecule has 0 saturated heterocycles. The highest BCUT2D eigenvalue weighted by Gasteiger charge is 2.07. The number of hydrogen-bond donors (Lipinski definition) is 2. The molecule has 3 N–H and O–H groups in total. The summed E-state index contributed by atoms with van der Waals surface area (Å²) in [5.41, 5.74) is 10.1. The van der Waals surface area contributed by atoms with Gasteiger partial charge < -0.3 is 16.0 Å². The van der Waals surface area contributed by atoms with Crippen molar-refractivity contribution in [3.8, 4) is 0 Å². The van der Waals surface area contributed by atoms with Crippen LogP contribution >= 0.6 is 12.2 Å². The van der Waals surface area contributed by atoms with E-state index in [0.717, 1.165) is 17.8 Å². The number of hydrogen-bond acceptors (Lipinski definition) is 2. The van der Waals surface area contributed by atoms with Gasteiger partial charge >= 0.3 is 0 Å². The molecule has 0 fully saturated rings. The van der Waals surface area contributed by atoms with Crippen LogP contribution in [0.1, 0.15) is 18.1 Å². The molecule has 0 amide bonds. The molecule has 1 aromatic rings. The van der Waals surface area contributed by atoms with Crippen molar-refractivity contribution in [3.05, 3.63) is 23.3 Å². The van der Waals surface area contributed by atoms with Crippen molar-refractivity contribution in [2.75, 3.05) is 23.8 Å². The van der Waals surface area contributed by atoms with Gasteiger partial charge in [0, 0.05) is 25.0 Å². The zero-order chi connectivity index (χ0) is 12.3. The summed E-state index contributed by atoms with van der Waals surface area (Å²) in [6, 6.07) is 4.23. The van der Waals surface area contributed by atoms with Gasteiger partial charge in [-0.1, -0.05) is 6.07 Å². The molecule has 3 nitrogen and oxygen atoms in total. The third-order valence-corrected chi connectivity index (χ3v) is 2.79. The summed E-state index contributed by atoms with van der Waals surface area (Å²) in [5, 5.41) is 3.31. The quantitative estimate of drug-likeness (QED) is 0.792. The Bertz CT molecular complexity index is 401. The molecule has 4 heteroatoms. The van der Waals surface area contributed by atoms with Crippen molar-refractivity contribution in [2.24, 2.45) is 5.73 Å². The van der Waals surface area contributed by atoms with Crippen molar-refractivity contribution in [1.82, 2.24) is 0 Å². The molecule has 16 heavy (non-hydrogen) atoms. The van der Waals surface area contributed by atoms with Gasteiger partial charge in [0.1, 0.15) is 0 Å². The zero-order valence-electron chi connectivity index (χ0n) is 10.3. The van der Waals surface area contributed by atoms with E-state index in [-0.39, 0.29) is 0 Å². The monoisotopic (exact) mass is 237 g/mol. The van der Waals surface area contributed by atoms with Gasteiger partial charge in [-0.05, 0) is 50.2 Å². The highest BCUT2D eigenvalue weighted by molar-refractivity contribution is 7.80. The smallest absolute Gasteiger partial charge is 0.168 e. The van der Waals surface area contributed by atoms with Gasteiger partial charge in [-0.15, -0.1) is 0 Å². The van der Waals surface area contributed by atoms with Crippen LogP contribution in [0.4, 0.5) is 11.4 Å².